The van der Waals surface area contributed by atoms with E-state index in [1.54, 1.807) is 19.1 Å². The molecule has 0 aliphatic carbocycles. The third-order valence-electron chi connectivity index (χ3n) is 1.87. The van der Waals surface area contributed by atoms with Gasteiger partial charge < -0.3 is 4.74 Å². The molecular weight excluding hydrogens is 230 g/mol. The second-order valence-corrected chi connectivity index (χ2v) is 3.53. The van der Waals surface area contributed by atoms with Crippen molar-refractivity contribution in [2.45, 2.75) is 13.8 Å². The molecule has 1 amide bonds. The highest BCUT2D eigenvalue weighted by Gasteiger charge is 2.11. The first kappa shape index (κ1) is 12.5. The fourth-order valence-corrected chi connectivity index (χ4v) is 1.38. The van der Waals surface area contributed by atoms with Crippen LogP contribution in [0.1, 0.15) is 24.2 Å². The molecule has 4 nitrogen and oxygen atoms in total. The fraction of sp³-hybridized carbons (Fsp3) is 0.273. The molecule has 0 aromatic heterocycles. The van der Waals surface area contributed by atoms with Gasteiger partial charge in [0, 0.05) is 10.6 Å². The smallest absolute Gasteiger partial charge is 0.411 e. The molecule has 0 bridgehead atoms. The summed E-state index contributed by atoms with van der Waals surface area (Å²) in [6.07, 6.45) is -0.604. The highest BCUT2D eigenvalue weighted by molar-refractivity contribution is 6.31. The van der Waals surface area contributed by atoms with Gasteiger partial charge in [0.1, 0.15) is 0 Å². The van der Waals surface area contributed by atoms with Crippen molar-refractivity contribution < 1.29 is 14.3 Å². The summed E-state index contributed by atoms with van der Waals surface area (Å²) in [5.41, 5.74) is 0.760. The Morgan fingerprint density at radius 2 is 2.12 bits per heavy atom. The van der Waals surface area contributed by atoms with Crippen LogP contribution in [0, 0.1) is 0 Å². The number of benzene rings is 1. The maximum atomic E-state index is 11.3. The summed E-state index contributed by atoms with van der Waals surface area (Å²) in [5.74, 6) is -0.150. The molecule has 0 aliphatic rings. The van der Waals surface area contributed by atoms with Crippen LogP contribution in [0.4, 0.5) is 10.5 Å². The van der Waals surface area contributed by atoms with Crippen molar-refractivity contribution in [3.05, 3.63) is 28.8 Å². The van der Waals surface area contributed by atoms with Gasteiger partial charge in [-0.15, -0.1) is 0 Å². The van der Waals surface area contributed by atoms with Crippen LogP contribution in [-0.4, -0.2) is 18.5 Å². The molecule has 1 aromatic carbocycles. The molecule has 1 aromatic rings. The van der Waals surface area contributed by atoms with E-state index in [0.29, 0.717) is 16.3 Å². The molecule has 0 saturated heterocycles. The van der Waals surface area contributed by atoms with Gasteiger partial charge in [-0.1, -0.05) is 11.6 Å². The van der Waals surface area contributed by atoms with Gasteiger partial charge in [0.25, 0.3) is 0 Å². The molecule has 0 atom stereocenters. The normalized spacial score (nSPS) is 9.69. The Bertz CT molecular complexity index is 418. The molecule has 5 heteroatoms. The minimum atomic E-state index is -0.604. The Kier molecular flexibility index (Phi) is 4.31. The van der Waals surface area contributed by atoms with Crippen molar-refractivity contribution in [2.75, 3.05) is 11.9 Å². The van der Waals surface area contributed by atoms with Crippen LogP contribution in [0.5, 0.6) is 0 Å². The summed E-state index contributed by atoms with van der Waals surface area (Å²) < 4.78 is 4.72. The lowest BCUT2D eigenvalue weighted by Gasteiger charge is -2.09. The van der Waals surface area contributed by atoms with Gasteiger partial charge in [0.2, 0.25) is 0 Å². The molecule has 16 heavy (non-hydrogen) atoms. The van der Waals surface area contributed by atoms with Gasteiger partial charge in [0.15, 0.2) is 5.78 Å². The number of carbonyl (C=O) groups is 2. The van der Waals surface area contributed by atoms with Crippen molar-refractivity contribution in [1.29, 1.82) is 0 Å². The summed E-state index contributed by atoms with van der Waals surface area (Å²) in [4.78, 5) is 22.5. The average Bonchev–Trinajstić information content (AvgIpc) is 2.17. The number of rotatable bonds is 3. The summed E-state index contributed by atoms with van der Waals surface area (Å²) in [5, 5.41) is 2.91. The van der Waals surface area contributed by atoms with Crippen LogP contribution < -0.4 is 5.32 Å². The summed E-state index contributed by atoms with van der Waals surface area (Å²) >= 11 is 5.78. The number of hydrogen-bond acceptors (Lipinski definition) is 3. The first-order chi connectivity index (χ1) is 7.54. The molecule has 86 valence electrons. The molecule has 0 radical (unpaired) electrons. The maximum Gasteiger partial charge on any atom is 0.411 e. The number of halogens is 1. The lowest BCUT2D eigenvalue weighted by Crippen LogP contribution is -2.15. The van der Waals surface area contributed by atoms with Crippen LogP contribution in [-0.2, 0) is 4.74 Å². The third kappa shape index (κ3) is 3.24. The Balaban J connectivity index is 2.96. The third-order valence-corrected chi connectivity index (χ3v) is 2.11. The van der Waals surface area contributed by atoms with Gasteiger partial charge in [-0.05, 0) is 32.0 Å². The summed E-state index contributed by atoms with van der Waals surface area (Å²) in [6.45, 7) is 3.38. The topological polar surface area (TPSA) is 55.4 Å². The van der Waals surface area contributed by atoms with Crippen molar-refractivity contribution in [3.8, 4) is 0 Å². The number of ether oxygens (including phenoxy) is 1. The number of ketones is 1. The number of nitrogens with one attached hydrogen (secondary N) is 1. The van der Waals surface area contributed by atoms with Gasteiger partial charge >= 0.3 is 6.09 Å². The number of hydrogen-bond donors (Lipinski definition) is 1. The van der Waals surface area contributed by atoms with E-state index < -0.39 is 6.09 Å². The second kappa shape index (κ2) is 5.51. The van der Waals surface area contributed by atoms with E-state index in [-0.39, 0.29) is 12.4 Å². The zero-order chi connectivity index (χ0) is 12.1. The molecule has 0 fully saturated rings. The zero-order valence-electron chi connectivity index (χ0n) is 9.04. The van der Waals surface area contributed by atoms with Crippen LogP contribution in [0.25, 0.3) is 0 Å². The summed E-state index contributed by atoms with van der Waals surface area (Å²) in [7, 11) is 0. The minimum Gasteiger partial charge on any atom is -0.450 e. The number of anilines is 1. The number of Topliss-reactive ketones (excluding diaryl/α,β-unsaturated/α-hetero) is 1. The highest BCUT2D eigenvalue weighted by atomic mass is 35.5. The van der Waals surface area contributed by atoms with Crippen LogP contribution >= 0.6 is 11.6 Å². The van der Waals surface area contributed by atoms with E-state index >= 15 is 0 Å². The van der Waals surface area contributed by atoms with Gasteiger partial charge in [-0.2, -0.15) is 0 Å². The molecule has 0 saturated carbocycles. The summed E-state index contributed by atoms with van der Waals surface area (Å²) in [6, 6.07) is 4.66. The lowest BCUT2D eigenvalue weighted by molar-refractivity contribution is 0.101. The quantitative estimate of drug-likeness (QED) is 0.828. The molecule has 0 heterocycles. The first-order valence-electron chi connectivity index (χ1n) is 4.79. The minimum absolute atomic E-state index is 0.150. The van der Waals surface area contributed by atoms with E-state index in [1.807, 2.05) is 0 Å². The Morgan fingerprint density at radius 3 is 2.69 bits per heavy atom. The molecule has 1 N–H and O–H groups in total. The predicted octanol–water partition coefficient (Wildman–Crippen LogP) is 3.11. The Morgan fingerprint density at radius 1 is 1.44 bits per heavy atom. The van der Waals surface area contributed by atoms with Crippen molar-refractivity contribution >= 4 is 29.2 Å². The molecule has 0 unspecified atom stereocenters. The maximum absolute atomic E-state index is 11.3. The van der Waals surface area contributed by atoms with Gasteiger partial charge in [-0.25, -0.2) is 4.79 Å². The standard InChI is InChI=1S/C11H12ClNO3/c1-3-16-11(15)13-10-6-8(12)4-5-9(10)7(2)14/h4-6H,3H2,1-2H3,(H,13,15). The highest BCUT2D eigenvalue weighted by Crippen LogP contribution is 2.21. The molecular formula is C11H12ClNO3. The monoisotopic (exact) mass is 241 g/mol. The SMILES string of the molecule is CCOC(=O)Nc1cc(Cl)ccc1C(C)=O. The predicted molar refractivity (Wildman–Crippen MR) is 62.1 cm³/mol. The Hall–Kier alpha value is -1.55. The van der Waals surface area contributed by atoms with Crippen LogP contribution in [0.15, 0.2) is 18.2 Å². The lowest BCUT2D eigenvalue weighted by atomic mass is 10.1. The van der Waals surface area contributed by atoms with E-state index in [4.69, 9.17) is 16.3 Å². The van der Waals surface area contributed by atoms with Crippen molar-refractivity contribution in [1.82, 2.24) is 0 Å². The number of amides is 1. The van der Waals surface area contributed by atoms with E-state index in [9.17, 15) is 9.59 Å². The van der Waals surface area contributed by atoms with E-state index in [2.05, 4.69) is 5.32 Å². The molecule has 0 aliphatic heterocycles. The van der Waals surface area contributed by atoms with E-state index in [0.717, 1.165) is 0 Å². The first-order valence-corrected chi connectivity index (χ1v) is 5.16. The van der Waals surface area contributed by atoms with Crippen LogP contribution in [0.3, 0.4) is 0 Å². The molecule has 0 spiro atoms. The molecule has 1 rings (SSSR count). The largest absolute Gasteiger partial charge is 0.450 e. The Labute approximate surface area is 98.5 Å². The van der Waals surface area contributed by atoms with Gasteiger partial charge in [-0.3, -0.25) is 10.1 Å². The van der Waals surface area contributed by atoms with Gasteiger partial charge in [0.05, 0.1) is 12.3 Å². The van der Waals surface area contributed by atoms with Crippen molar-refractivity contribution in [3.63, 3.8) is 0 Å². The fourth-order valence-electron chi connectivity index (χ4n) is 1.20. The van der Waals surface area contributed by atoms with Crippen LogP contribution in [0.2, 0.25) is 5.02 Å². The zero-order valence-corrected chi connectivity index (χ0v) is 9.80. The average molecular weight is 242 g/mol. The second-order valence-electron chi connectivity index (χ2n) is 3.09. The van der Waals surface area contributed by atoms with Crippen molar-refractivity contribution in [2.24, 2.45) is 0 Å². The number of carbonyl (C=O) groups excluding carboxylic acids is 2. The van der Waals surface area contributed by atoms with E-state index in [1.165, 1.54) is 13.0 Å².